The van der Waals surface area contributed by atoms with E-state index in [-0.39, 0.29) is 0 Å². The maximum atomic E-state index is 5.85. The molecular formula is C30H31O2PS. The second kappa shape index (κ2) is 10.8. The highest BCUT2D eigenvalue weighted by Crippen LogP contribution is 2.52. The Labute approximate surface area is 208 Å². The van der Waals surface area contributed by atoms with E-state index in [4.69, 9.17) is 9.47 Å². The van der Waals surface area contributed by atoms with Crippen LogP contribution >= 0.6 is 19.3 Å². The van der Waals surface area contributed by atoms with Crippen LogP contribution in [0.4, 0.5) is 0 Å². The van der Waals surface area contributed by atoms with Crippen molar-refractivity contribution in [2.45, 2.75) is 37.8 Å². The van der Waals surface area contributed by atoms with Crippen LogP contribution in [0.5, 0.6) is 11.5 Å². The third-order valence-corrected chi connectivity index (χ3v) is 11.2. The lowest BCUT2D eigenvalue weighted by Gasteiger charge is -2.33. The summed E-state index contributed by atoms with van der Waals surface area (Å²) in [4.78, 5) is 0. The van der Waals surface area contributed by atoms with Gasteiger partial charge in [-0.15, -0.1) is 11.3 Å². The summed E-state index contributed by atoms with van der Waals surface area (Å²) < 4.78 is 13.2. The zero-order valence-electron chi connectivity index (χ0n) is 19.9. The molecule has 1 aliphatic carbocycles. The Morgan fingerprint density at radius 3 is 1.74 bits per heavy atom. The molecule has 34 heavy (non-hydrogen) atoms. The van der Waals surface area contributed by atoms with E-state index in [2.05, 4.69) is 84.2 Å². The number of methoxy groups -OCH3 is 2. The average Bonchev–Trinajstić information content (AvgIpc) is 3.44. The van der Waals surface area contributed by atoms with Crippen molar-refractivity contribution in [3.63, 3.8) is 0 Å². The molecule has 0 aliphatic heterocycles. The highest BCUT2D eigenvalue weighted by molar-refractivity contribution is 7.78. The van der Waals surface area contributed by atoms with E-state index in [9.17, 15) is 0 Å². The van der Waals surface area contributed by atoms with Crippen LogP contribution in [0.2, 0.25) is 0 Å². The zero-order chi connectivity index (χ0) is 23.3. The second-order valence-corrected chi connectivity index (χ2v) is 12.4. The second-order valence-electron chi connectivity index (χ2n) is 8.72. The van der Waals surface area contributed by atoms with Gasteiger partial charge in [0.2, 0.25) is 0 Å². The van der Waals surface area contributed by atoms with E-state index in [1.54, 1.807) is 14.2 Å². The van der Waals surface area contributed by atoms with Gasteiger partial charge in [-0.05, 0) is 66.4 Å². The summed E-state index contributed by atoms with van der Waals surface area (Å²) in [6.07, 6.45) is 6.62. The minimum Gasteiger partial charge on any atom is -0.496 e. The molecule has 5 rings (SSSR count). The Morgan fingerprint density at radius 1 is 0.647 bits per heavy atom. The van der Waals surface area contributed by atoms with Crippen molar-refractivity contribution in [3.05, 3.63) is 84.2 Å². The topological polar surface area (TPSA) is 18.5 Å². The molecule has 0 saturated heterocycles. The van der Waals surface area contributed by atoms with Gasteiger partial charge in [-0.2, -0.15) is 0 Å². The summed E-state index contributed by atoms with van der Waals surface area (Å²) in [5.74, 6) is 1.84. The summed E-state index contributed by atoms with van der Waals surface area (Å²) in [7, 11) is 2.99. The van der Waals surface area contributed by atoms with Crippen molar-refractivity contribution < 1.29 is 9.47 Å². The lowest BCUT2D eigenvalue weighted by atomic mass is 9.97. The van der Waals surface area contributed by atoms with Crippen molar-refractivity contribution in [2.75, 3.05) is 14.2 Å². The summed E-state index contributed by atoms with van der Waals surface area (Å²) in [5.41, 5.74) is 5.58. The fourth-order valence-corrected chi connectivity index (χ4v) is 9.99. The van der Waals surface area contributed by atoms with Gasteiger partial charge < -0.3 is 9.47 Å². The van der Waals surface area contributed by atoms with Crippen LogP contribution in [0.3, 0.4) is 0 Å². The van der Waals surface area contributed by atoms with Gasteiger partial charge in [-0.1, -0.05) is 79.9 Å². The fraction of sp³-hybridized carbons (Fsp3) is 0.267. The third-order valence-electron chi connectivity index (χ3n) is 6.75. The molecule has 1 unspecified atom stereocenters. The van der Waals surface area contributed by atoms with Crippen molar-refractivity contribution in [2.24, 2.45) is 0 Å². The van der Waals surface area contributed by atoms with Gasteiger partial charge >= 0.3 is 0 Å². The van der Waals surface area contributed by atoms with Gasteiger partial charge in [-0.3, -0.25) is 0 Å². The monoisotopic (exact) mass is 486 g/mol. The molecule has 4 heteroatoms. The summed E-state index contributed by atoms with van der Waals surface area (Å²) in [5, 5.41) is 3.70. The molecule has 0 amide bonds. The van der Waals surface area contributed by atoms with Gasteiger partial charge in [0.05, 0.1) is 14.2 Å². The van der Waals surface area contributed by atoms with Crippen LogP contribution < -0.4 is 19.4 Å². The first-order valence-electron chi connectivity index (χ1n) is 12.0. The maximum absolute atomic E-state index is 5.85. The molecule has 4 aromatic rings. The molecule has 1 fully saturated rings. The Kier molecular flexibility index (Phi) is 7.33. The fourth-order valence-electron chi connectivity index (χ4n) is 5.19. The molecule has 1 aromatic heterocycles. The first-order chi connectivity index (χ1) is 16.8. The predicted molar refractivity (Wildman–Crippen MR) is 148 cm³/mol. The highest BCUT2D eigenvalue weighted by atomic mass is 32.1. The first kappa shape index (κ1) is 23.1. The zero-order valence-corrected chi connectivity index (χ0v) is 21.6. The van der Waals surface area contributed by atoms with E-state index < -0.39 is 7.92 Å². The smallest absolute Gasteiger partial charge is 0.126 e. The Balaban J connectivity index is 1.82. The predicted octanol–water partition coefficient (Wildman–Crippen LogP) is 7.86. The van der Waals surface area contributed by atoms with Crippen molar-refractivity contribution in [1.29, 1.82) is 0 Å². The minimum atomic E-state index is -0.548. The van der Waals surface area contributed by atoms with Gasteiger partial charge in [0.1, 0.15) is 11.5 Å². The Hall–Kier alpha value is -2.61. The van der Waals surface area contributed by atoms with Crippen LogP contribution in [-0.2, 0) is 0 Å². The molecule has 1 heterocycles. The quantitative estimate of drug-likeness (QED) is 0.248. The highest BCUT2D eigenvalue weighted by Gasteiger charge is 2.32. The molecule has 2 nitrogen and oxygen atoms in total. The molecule has 1 aliphatic rings. The molecule has 1 saturated carbocycles. The molecule has 0 bridgehead atoms. The Morgan fingerprint density at radius 2 is 1.21 bits per heavy atom. The van der Waals surface area contributed by atoms with Crippen molar-refractivity contribution in [1.82, 2.24) is 0 Å². The molecule has 1 atom stereocenters. The van der Waals surface area contributed by atoms with Crippen molar-refractivity contribution >= 4 is 29.2 Å². The lowest BCUT2D eigenvalue weighted by molar-refractivity contribution is 0.416. The number of rotatable bonds is 7. The standard InChI is InChI=1S/C30H31O2PS/c1-31-27-18-8-6-14-23(27)25-16-10-17-26(24-15-7-9-19-28(24)32-2)30(25)33(29-20-11-21-34-29)22-12-4-3-5-13-22/h6-11,14-22H,3-5,12-13H2,1-2H3. The van der Waals surface area contributed by atoms with Crippen LogP contribution in [0.25, 0.3) is 22.3 Å². The van der Waals surface area contributed by atoms with Gasteiger partial charge in [0, 0.05) is 15.7 Å². The summed E-state index contributed by atoms with van der Waals surface area (Å²) in [6, 6.07) is 28.2. The normalized spacial score (nSPS) is 15.1. The number of hydrogen-bond acceptors (Lipinski definition) is 3. The molecule has 174 valence electrons. The molecule has 3 aromatic carbocycles. The van der Waals surface area contributed by atoms with E-state index in [1.165, 1.54) is 53.2 Å². The largest absolute Gasteiger partial charge is 0.496 e. The number of para-hydroxylation sites is 2. The van der Waals surface area contributed by atoms with Crippen molar-refractivity contribution in [3.8, 4) is 33.8 Å². The third kappa shape index (κ3) is 4.52. The molecular weight excluding hydrogens is 455 g/mol. The van der Waals surface area contributed by atoms with Gasteiger partial charge in [-0.25, -0.2) is 0 Å². The van der Waals surface area contributed by atoms with E-state index in [1.807, 2.05) is 11.3 Å². The van der Waals surface area contributed by atoms with Gasteiger partial charge in [0.25, 0.3) is 0 Å². The number of ether oxygens (including phenoxy) is 2. The first-order valence-corrected chi connectivity index (χ1v) is 14.3. The average molecular weight is 487 g/mol. The lowest BCUT2D eigenvalue weighted by Crippen LogP contribution is -2.25. The van der Waals surface area contributed by atoms with Gasteiger partial charge in [0.15, 0.2) is 0 Å². The van der Waals surface area contributed by atoms with E-state index >= 15 is 0 Å². The van der Waals surface area contributed by atoms with Crippen LogP contribution in [-0.4, -0.2) is 19.9 Å². The number of hydrogen-bond donors (Lipinski definition) is 0. The SMILES string of the molecule is COc1ccccc1-c1cccc(-c2ccccc2OC)c1P(c1cccs1)C1CCCCC1. The molecule has 0 radical (unpaired) electrons. The summed E-state index contributed by atoms with van der Waals surface area (Å²) in [6.45, 7) is 0. The van der Waals surface area contributed by atoms with E-state index in [0.717, 1.165) is 22.6 Å². The minimum absolute atomic E-state index is 0.548. The summed E-state index contributed by atoms with van der Waals surface area (Å²) >= 11 is 1.91. The molecule has 0 spiro atoms. The maximum Gasteiger partial charge on any atom is 0.126 e. The van der Waals surface area contributed by atoms with Crippen LogP contribution in [0.1, 0.15) is 32.1 Å². The molecule has 0 N–H and O–H groups in total. The number of thiophene rings is 1. The Bertz CT molecular complexity index is 1160. The van der Waals surface area contributed by atoms with Crippen LogP contribution in [0.15, 0.2) is 84.2 Å². The van der Waals surface area contributed by atoms with Crippen LogP contribution in [0, 0.1) is 0 Å². The van der Waals surface area contributed by atoms with E-state index in [0.29, 0.717) is 5.66 Å². The number of benzene rings is 3.